The lowest BCUT2D eigenvalue weighted by Gasteiger charge is -2.36. The fourth-order valence-corrected chi connectivity index (χ4v) is 3.29. The summed E-state index contributed by atoms with van der Waals surface area (Å²) < 4.78 is 0. The molecule has 17 heavy (non-hydrogen) atoms. The average Bonchev–Trinajstić information content (AvgIpc) is 2.69. The van der Waals surface area contributed by atoms with E-state index in [2.05, 4.69) is 48.3 Å². The molecular weight excluding hydrogens is 208 g/mol. The van der Waals surface area contributed by atoms with Crippen LogP contribution in [-0.4, -0.2) is 24.7 Å². The predicted molar refractivity (Wildman–Crippen MR) is 72.6 cm³/mol. The van der Waals surface area contributed by atoms with Crippen LogP contribution in [-0.2, 0) is 6.42 Å². The van der Waals surface area contributed by atoms with Crippen LogP contribution in [0, 0.1) is 0 Å². The monoisotopic (exact) mass is 230 g/mol. The van der Waals surface area contributed by atoms with Crippen molar-refractivity contribution in [1.29, 1.82) is 0 Å². The normalized spacial score (nSPS) is 26.9. The Labute approximate surface area is 104 Å². The molecule has 2 heterocycles. The fraction of sp³-hybridized carbons (Fsp3) is 0.600. The van der Waals surface area contributed by atoms with Crippen LogP contribution in [0.1, 0.15) is 32.3 Å². The van der Waals surface area contributed by atoms with Gasteiger partial charge in [-0.1, -0.05) is 18.2 Å². The van der Waals surface area contributed by atoms with Crippen LogP contribution in [0.3, 0.4) is 0 Å². The predicted octanol–water partition coefficient (Wildman–Crippen LogP) is 2.58. The van der Waals surface area contributed by atoms with E-state index in [1.54, 1.807) is 0 Å². The van der Waals surface area contributed by atoms with Gasteiger partial charge in [0.05, 0.1) is 0 Å². The van der Waals surface area contributed by atoms with Crippen LogP contribution in [0.15, 0.2) is 24.3 Å². The number of hydrogen-bond donors (Lipinski definition) is 1. The summed E-state index contributed by atoms with van der Waals surface area (Å²) in [5.74, 6) is 0. The molecule has 1 aromatic rings. The Balaban J connectivity index is 1.86. The van der Waals surface area contributed by atoms with Gasteiger partial charge in [0, 0.05) is 30.4 Å². The Hall–Kier alpha value is -1.02. The second kappa shape index (κ2) is 4.02. The summed E-state index contributed by atoms with van der Waals surface area (Å²) in [5, 5.41) is 3.63. The van der Waals surface area contributed by atoms with Crippen LogP contribution in [0.25, 0.3) is 0 Å². The molecule has 2 nitrogen and oxygen atoms in total. The SMILES string of the molecule is CC1(C)CC(N2CCCc3ccccc32)CN1. The number of fused-ring (bicyclic) bond motifs is 1. The van der Waals surface area contributed by atoms with Gasteiger partial charge in [-0.15, -0.1) is 0 Å². The summed E-state index contributed by atoms with van der Waals surface area (Å²) in [6.07, 6.45) is 3.80. The molecule has 2 heteroatoms. The van der Waals surface area contributed by atoms with Crippen molar-refractivity contribution < 1.29 is 0 Å². The quantitative estimate of drug-likeness (QED) is 0.797. The molecule has 0 aromatic heterocycles. The highest BCUT2D eigenvalue weighted by molar-refractivity contribution is 5.56. The Morgan fingerprint density at radius 1 is 1.29 bits per heavy atom. The maximum absolute atomic E-state index is 3.63. The molecule has 0 bridgehead atoms. The first-order valence-corrected chi connectivity index (χ1v) is 6.75. The standard InChI is InChI=1S/C15H22N2/c1-15(2)10-13(11-16-15)17-9-5-7-12-6-3-4-8-14(12)17/h3-4,6,8,13,16H,5,7,9-11H2,1-2H3. The van der Waals surface area contributed by atoms with E-state index in [0.29, 0.717) is 11.6 Å². The van der Waals surface area contributed by atoms with Gasteiger partial charge in [0.25, 0.3) is 0 Å². The first kappa shape index (κ1) is 11.1. The van der Waals surface area contributed by atoms with Crippen LogP contribution in [0.4, 0.5) is 5.69 Å². The lowest BCUT2D eigenvalue weighted by Crippen LogP contribution is -2.40. The molecular formula is C15H22N2. The summed E-state index contributed by atoms with van der Waals surface area (Å²) in [7, 11) is 0. The Morgan fingerprint density at radius 3 is 2.88 bits per heavy atom. The molecule has 1 atom stereocenters. The minimum atomic E-state index is 0.303. The van der Waals surface area contributed by atoms with E-state index in [1.165, 1.54) is 37.1 Å². The van der Waals surface area contributed by atoms with Crippen LogP contribution >= 0.6 is 0 Å². The second-order valence-corrected chi connectivity index (χ2v) is 6.05. The number of rotatable bonds is 1. The molecule has 1 unspecified atom stereocenters. The van der Waals surface area contributed by atoms with Crippen LogP contribution in [0.5, 0.6) is 0 Å². The highest BCUT2D eigenvalue weighted by Crippen LogP contribution is 2.32. The topological polar surface area (TPSA) is 15.3 Å². The van der Waals surface area contributed by atoms with Crippen molar-refractivity contribution in [3.05, 3.63) is 29.8 Å². The number of nitrogens with one attached hydrogen (secondary N) is 1. The highest BCUT2D eigenvalue weighted by Gasteiger charge is 2.35. The molecule has 92 valence electrons. The summed E-state index contributed by atoms with van der Waals surface area (Å²) in [5.41, 5.74) is 3.31. The van der Waals surface area contributed by atoms with Gasteiger partial charge in [-0.3, -0.25) is 0 Å². The number of aryl methyl sites for hydroxylation is 1. The van der Waals surface area contributed by atoms with Crippen molar-refractivity contribution in [2.75, 3.05) is 18.0 Å². The fourth-order valence-electron chi connectivity index (χ4n) is 3.29. The van der Waals surface area contributed by atoms with E-state index in [-0.39, 0.29) is 0 Å². The molecule has 1 saturated heterocycles. The lowest BCUT2D eigenvalue weighted by atomic mass is 9.96. The smallest absolute Gasteiger partial charge is 0.0432 e. The van der Waals surface area contributed by atoms with Gasteiger partial charge in [0.1, 0.15) is 0 Å². The van der Waals surface area contributed by atoms with E-state index in [9.17, 15) is 0 Å². The molecule has 2 aliphatic rings. The Bertz CT molecular complexity index is 411. The number of para-hydroxylation sites is 1. The zero-order valence-electron chi connectivity index (χ0n) is 10.9. The third-order valence-corrected chi connectivity index (χ3v) is 4.15. The van der Waals surface area contributed by atoms with Gasteiger partial charge in [-0.25, -0.2) is 0 Å². The van der Waals surface area contributed by atoms with Crippen molar-refractivity contribution >= 4 is 5.69 Å². The van der Waals surface area contributed by atoms with Gasteiger partial charge < -0.3 is 10.2 Å². The molecule has 2 aliphatic heterocycles. The van der Waals surface area contributed by atoms with Gasteiger partial charge in [-0.05, 0) is 44.7 Å². The molecule has 3 rings (SSSR count). The van der Waals surface area contributed by atoms with Crippen molar-refractivity contribution in [1.82, 2.24) is 5.32 Å². The van der Waals surface area contributed by atoms with Crippen molar-refractivity contribution in [2.24, 2.45) is 0 Å². The van der Waals surface area contributed by atoms with Crippen LogP contribution < -0.4 is 10.2 Å². The van der Waals surface area contributed by atoms with Crippen molar-refractivity contribution in [3.63, 3.8) is 0 Å². The van der Waals surface area contributed by atoms with E-state index in [1.807, 2.05) is 0 Å². The summed E-state index contributed by atoms with van der Waals surface area (Å²) in [6, 6.07) is 9.59. The molecule has 1 aromatic carbocycles. The van der Waals surface area contributed by atoms with Gasteiger partial charge in [0.15, 0.2) is 0 Å². The van der Waals surface area contributed by atoms with E-state index in [0.717, 1.165) is 6.54 Å². The van der Waals surface area contributed by atoms with Gasteiger partial charge in [0.2, 0.25) is 0 Å². The Kier molecular flexibility index (Phi) is 2.62. The number of anilines is 1. The molecule has 0 amide bonds. The van der Waals surface area contributed by atoms with Crippen molar-refractivity contribution in [3.8, 4) is 0 Å². The molecule has 0 aliphatic carbocycles. The highest BCUT2D eigenvalue weighted by atomic mass is 15.2. The maximum Gasteiger partial charge on any atom is 0.0432 e. The molecule has 1 fully saturated rings. The van der Waals surface area contributed by atoms with E-state index in [4.69, 9.17) is 0 Å². The largest absolute Gasteiger partial charge is 0.367 e. The minimum absolute atomic E-state index is 0.303. The first-order valence-electron chi connectivity index (χ1n) is 6.75. The average molecular weight is 230 g/mol. The summed E-state index contributed by atoms with van der Waals surface area (Å²) >= 11 is 0. The molecule has 0 radical (unpaired) electrons. The molecule has 0 spiro atoms. The Morgan fingerprint density at radius 2 is 2.12 bits per heavy atom. The summed E-state index contributed by atoms with van der Waals surface area (Å²) in [6.45, 7) is 6.96. The van der Waals surface area contributed by atoms with Gasteiger partial charge >= 0.3 is 0 Å². The zero-order chi connectivity index (χ0) is 11.9. The van der Waals surface area contributed by atoms with E-state index < -0.39 is 0 Å². The molecule has 1 N–H and O–H groups in total. The third kappa shape index (κ3) is 2.06. The zero-order valence-corrected chi connectivity index (χ0v) is 10.9. The minimum Gasteiger partial charge on any atom is -0.367 e. The lowest BCUT2D eigenvalue weighted by molar-refractivity contribution is 0.450. The first-order chi connectivity index (χ1) is 8.16. The van der Waals surface area contributed by atoms with Crippen molar-refractivity contribution in [2.45, 2.75) is 44.7 Å². The molecule has 0 saturated carbocycles. The second-order valence-electron chi connectivity index (χ2n) is 6.05. The number of benzene rings is 1. The number of nitrogens with zero attached hydrogens (tertiary/aromatic N) is 1. The third-order valence-electron chi connectivity index (χ3n) is 4.15. The van der Waals surface area contributed by atoms with E-state index >= 15 is 0 Å². The summed E-state index contributed by atoms with van der Waals surface area (Å²) in [4.78, 5) is 2.63. The van der Waals surface area contributed by atoms with Crippen LogP contribution in [0.2, 0.25) is 0 Å². The van der Waals surface area contributed by atoms with Gasteiger partial charge in [-0.2, -0.15) is 0 Å². The maximum atomic E-state index is 3.63. The number of hydrogen-bond acceptors (Lipinski definition) is 2.